The van der Waals surface area contributed by atoms with Gasteiger partial charge in [0.15, 0.2) is 9.84 Å². The van der Waals surface area contributed by atoms with Gasteiger partial charge >= 0.3 is 0 Å². The topological polar surface area (TPSA) is 72.5 Å². The first-order chi connectivity index (χ1) is 12.3. The molecule has 0 aliphatic heterocycles. The summed E-state index contributed by atoms with van der Waals surface area (Å²) in [5.74, 6) is 0.292. The van der Waals surface area contributed by atoms with E-state index in [0.717, 1.165) is 31.9 Å². The predicted octanol–water partition coefficient (Wildman–Crippen LogP) is 3.97. The number of anilines is 1. The molecule has 0 unspecified atom stereocenters. The van der Waals surface area contributed by atoms with Gasteiger partial charge in [-0.15, -0.1) is 0 Å². The highest BCUT2D eigenvalue weighted by atomic mass is 32.2. The Bertz CT molecular complexity index is 915. The van der Waals surface area contributed by atoms with Crippen LogP contribution in [-0.4, -0.2) is 26.7 Å². The molecular formula is C20H23NO4S. The standard InChI is InChI=1S/C20H23NO4S/c1-14-11-12-16(26(2,23)24)13-17(14)20(22)21-18-9-5-6-10-19(18)25-15-7-3-4-8-15/h5-6,9-13,15H,3-4,7-8H2,1-2H3,(H,21,22). The predicted molar refractivity (Wildman–Crippen MR) is 102 cm³/mol. The summed E-state index contributed by atoms with van der Waals surface area (Å²) in [6.45, 7) is 1.78. The summed E-state index contributed by atoms with van der Waals surface area (Å²) >= 11 is 0. The minimum absolute atomic E-state index is 0.128. The minimum Gasteiger partial charge on any atom is -0.488 e. The molecule has 0 radical (unpaired) electrons. The summed E-state index contributed by atoms with van der Waals surface area (Å²) in [7, 11) is -3.38. The van der Waals surface area contributed by atoms with E-state index >= 15 is 0 Å². The van der Waals surface area contributed by atoms with E-state index in [9.17, 15) is 13.2 Å². The smallest absolute Gasteiger partial charge is 0.256 e. The van der Waals surface area contributed by atoms with Gasteiger partial charge in [-0.2, -0.15) is 0 Å². The Labute approximate surface area is 154 Å². The molecule has 26 heavy (non-hydrogen) atoms. The summed E-state index contributed by atoms with van der Waals surface area (Å²) in [5.41, 5.74) is 1.64. The molecule has 0 aromatic heterocycles. The average Bonchev–Trinajstić information content (AvgIpc) is 3.09. The summed E-state index contributed by atoms with van der Waals surface area (Å²) in [6.07, 6.45) is 5.69. The molecule has 2 aromatic rings. The first kappa shape index (κ1) is 18.5. The molecule has 1 fully saturated rings. The van der Waals surface area contributed by atoms with Crippen LogP contribution in [0.2, 0.25) is 0 Å². The van der Waals surface area contributed by atoms with Crippen LogP contribution < -0.4 is 10.1 Å². The number of hydrogen-bond acceptors (Lipinski definition) is 4. The van der Waals surface area contributed by atoms with Crippen molar-refractivity contribution in [3.05, 3.63) is 53.6 Å². The Morgan fingerprint density at radius 1 is 1.12 bits per heavy atom. The van der Waals surface area contributed by atoms with Crippen LogP contribution >= 0.6 is 0 Å². The largest absolute Gasteiger partial charge is 0.488 e. The second-order valence-corrected chi connectivity index (χ2v) is 8.74. The molecule has 0 spiro atoms. The fourth-order valence-corrected chi connectivity index (χ4v) is 3.77. The second-order valence-electron chi connectivity index (χ2n) is 6.72. The van der Waals surface area contributed by atoms with Crippen molar-refractivity contribution in [1.29, 1.82) is 0 Å². The highest BCUT2D eigenvalue weighted by Gasteiger charge is 2.19. The van der Waals surface area contributed by atoms with E-state index in [0.29, 0.717) is 22.6 Å². The Morgan fingerprint density at radius 2 is 1.81 bits per heavy atom. The van der Waals surface area contributed by atoms with E-state index in [-0.39, 0.29) is 16.9 Å². The molecule has 0 heterocycles. The highest BCUT2D eigenvalue weighted by molar-refractivity contribution is 7.90. The molecule has 6 heteroatoms. The van der Waals surface area contributed by atoms with Gasteiger partial charge in [0, 0.05) is 11.8 Å². The number of ether oxygens (including phenoxy) is 1. The zero-order valence-electron chi connectivity index (χ0n) is 15.0. The Hall–Kier alpha value is -2.34. The maximum Gasteiger partial charge on any atom is 0.256 e. The molecule has 1 aliphatic rings. The van der Waals surface area contributed by atoms with Crippen molar-refractivity contribution in [3.8, 4) is 5.75 Å². The maximum atomic E-state index is 12.7. The summed E-state index contributed by atoms with van der Waals surface area (Å²) in [4.78, 5) is 12.9. The van der Waals surface area contributed by atoms with Gasteiger partial charge in [0.25, 0.3) is 5.91 Å². The van der Waals surface area contributed by atoms with E-state index in [2.05, 4.69) is 5.32 Å². The number of aryl methyl sites for hydroxylation is 1. The SMILES string of the molecule is Cc1ccc(S(C)(=O)=O)cc1C(=O)Nc1ccccc1OC1CCCC1. The van der Waals surface area contributed by atoms with Gasteiger partial charge in [-0.3, -0.25) is 4.79 Å². The Balaban J connectivity index is 1.84. The van der Waals surface area contributed by atoms with Crippen LogP contribution in [-0.2, 0) is 9.84 Å². The van der Waals surface area contributed by atoms with Gasteiger partial charge < -0.3 is 10.1 Å². The van der Waals surface area contributed by atoms with Gasteiger partial charge in [0.05, 0.1) is 16.7 Å². The lowest BCUT2D eigenvalue weighted by atomic mass is 10.1. The summed E-state index contributed by atoms with van der Waals surface area (Å²) in [6, 6.07) is 11.9. The molecule has 1 N–H and O–H groups in total. The van der Waals surface area contributed by atoms with Gasteiger partial charge in [-0.25, -0.2) is 8.42 Å². The van der Waals surface area contributed by atoms with Crippen LogP contribution in [0.3, 0.4) is 0 Å². The van der Waals surface area contributed by atoms with Crippen molar-refractivity contribution in [2.45, 2.75) is 43.6 Å². The van der Waals surface area contributed by atoms with E-state index in [1.54, 1.807) is 19.1 Å². The summed E-state index contributed by atoms with van der Waals surface area (Å²) in [5, 5.41) is 2.86. The highest BCUT2D eigenvalue weighted by Crippen LogP contribution is 2.30. The normalized spacial score (nSPS) is 15.0. The van der Waals surface area contributed by atoms with Crippen LogP contribution in [0.1, 0.15) is 41.6 Å². The first-order valence-corrected chi connectivity index (χ1v) is 10.6. The van der Waals surface area contributed by atoms with Crippen molar-refractivity contribution >= 4 is 21.4 Å². The van der Waals surface area contributed by atoms with E-state index in [1.807, 2.05) is 18.2 Å². The minimum atomic E-state index is -3.38. The van der Waals surface area contributed by atoms with Crippen molar-refractivity contribution in [1.82, 2.24) is 0 Å². The van der Waals surface area contributed by atoms with Crippen molar-refractivity contribution in [2.75, 3.05) is 11.6 Å². The lowest BCUT2D eigenvalue weighted by Gasteiger charge is -2.17. The van der Waals surface area contributed by atoms with E-state index < -0.39 is 9.84 Å². The number of hydrogen-bond donors (Lipinski definition) is 1. The lowest BCUT2D eigenvalue weighted by Crippen LogP contribution is -2.17. The molecule has 5 nitrogen and oxygen atoms in total. The molecule has 0 saturated heterocycles. The Morgan fingerprint density at radius 3 is 2.50 bits per heavy atom. The number of nitrogens with one attached hydrogen (secondary N) is 1. The number of rotatable bonds is 5. The fourth-order valence-electron chi connectivity index (χ4n) is 3.12. The van der Waals surface area contributed by atoms with Crippen molar-refractivity contribution in [3.63, 3.8) is 0 Å². The average molecular weight is 373 g/mol. The fraction of sp³-hybridized carbons (Fsp3) is 0.350. The number of amides is 1. The monoisotopic (exact) mass is 373 g/mol. The lowest BCUT2D eigenvalue weighted by molar-refractivity contribution is 0.102. The van der Waals surface area contributed by atoms with Crippen LogP contribution in [0.25, 0.3) is 0 Å². The van der Waals surface area contributed by atoms with Gasteiger partial charge in [-0.1, -0.05) is 18.2 Å². The molecule has 1 saturated carbocycles. The van der Waals surface area contributed by atoms with Crippen LogP contribution in [0.15, 0.2) is 47.4 Å². The molecular weight excluding hydrogens is 350 g/mol. The molecule has 3 rings (SSSR count). The first-order valence-electron chi connectivity index (χ1n) is 8.72. The number of carbonyl (C=O) groups excluding carboxylic acids is 1. The quantitative estimate of drug-likeness (QED) is 0.861. The number of sulfone groups is 1. The zero-order chi connectivity index (χ0) is 18.7. The Kier molecular flexibility index (Phi) is 5.32. The number of benzene rings is 2. The van der Waals surface area contributed by atoms with Crippen LogP contribution in [0, 0.1) is 6.92 Å². The third-order valence-electron chi connectivity index (χ3n) is 4.61. The van der Waals surface area contributed by atoms with Crippen LogP contribution in [0.4, 0.5) is 5.69 Å². The second kappa shape index (κ2) is 7.50. The number of carbonyl (C=O) groups is 1. The molecule has 1 aliphatic carbocycles. The van der Waals surface area contributed by atoms with Gasteiger partial charge in [-0.05, 0) is 62.4 Å². The van der Waals surface area contributed by atoms with Crippen molar-refractivity contribution < 1.29 is 17.9 Å². The molecule has 0 atom stereocenters. The molecule has 0 bridgehead atoms. The third kappa shape index (κ3) is 4.25. The molecule has 138 valence electrons. The van der Waals surface area contributed by atoms with E-state index in [4.69, 9.17) is 4.74 Å². The third-order valence-corrected chi connectivity index (χ3v) is 5.72. The van der Waals surface area contributed by atoms with E-state index in [1.165, 1.54) is 12.1 Å². The molecule has 1 amide bonds. The van der Waals surface area contributed by atoms with Gasteiger partial charge in [0.1, 0.15) is 5.75 Å². The van der Waals surface area contributed by atoms with Crippen LogP contribution in [0.5, 0.6) is 5.75 Å². The van der Waals surface area contributed by atoms with Crippen molar-refractivity contribution in [2.24, 2.45) is 0 Å². The summed E-state index contributed by atoms with van der Waals surface area (Å²) < 4.78 is 29.6. The number of para-hydroxylation sites is 2. The maximum absolute atomic E-state index is 12.7. The van der Waals surface area contributed by atoms with Gasteiger partial charge in [0.2, 0.25) is 0 Å². The zero-order valence-corrected chi connectivity index (χ0v) is 15.8. The molecule has 2 aromatic carbocycles.